The summed E-state index contributed by atoms with van der Waals surface area (Å²) < 4.78 is 5.18. The summed E-state index contributed by atoms with van der Waals surface area (Å²) in [7, 11) is 0. The zero-order chi connectivity index (χ0) is 18.4. The number of nitrogens with zero attached hydrogens (tertiary/aromatic N) is 1. The molecule has 0 N–H and O–H groups in total. The summed E-state index contributed by atoms with van der Waals surface area (Å²) in [6.07, 6.45) is 2.56. The molecule has 5 nitrogen and oxygen atoms in total. The monoisotopic (exact) mass is 343 g/mol. The molecule has 2 rings (SSSR count). The Balaban J connectivity index is 1.99. The number of Topliss-reactive ketones (excluding diaryl/α,β-unsaturated/α-hetero) is 3. The van der Waals surface area contributed by atoms with E-state index in [1.54, 1.807) is 24.3 Å². The SMILES string of the molecule is CCOCCC(=O)c1ccc(N=CC2C(=O)CC(C)(C)CC2=O)cc1. The number of hydrogen-bond acceptors (Lipinski definition) is 5. The lowest BCUT2D eigenvalue weighted by Gasteiger charge is -2.30. The molecule has 0 atom stereocenters. The number of carbonyl (C=O) groups excluding carboxylic acids is 3. The van der Waals surface area contributed by atoms with Gasteiger partial charge in [0.2, 0.25) is 0 Å². The maximum atomic E-state index is 12.1. The van der Waals surface area contributed by atoms with E-state index in [1.165, 1.54) is 6.21 Å². The smallest absolute Gasteiger partial charge is 0.165 e. The fourth-order valence-corrected chi connectivity index (χ4v) is 2.92. The van der Waals surface area contributed by atoms with E-state index >= 15 is 0 Å². The Kier molecular flexibility index (Phi) is 6.37. The third-order valence-corrected chi connectivity index (χ3v) is 4.24. The molecule has 5 heteroatoms. The van der Waals surface area contributed by atoms with Crippen LogP contribution in [-0.4, -0.2) is 36.8 Å². The van der Waals surface area contributed by atoms with Gasteiger partial charge in [0, 0.05) is 37.6 Å². The van der Waals surface area contributed by atoms with Crippen LogP contribution in [0.5, 0.6) is 0 Å². The predicted octanol–water partition coefficient (Wildman–Crippen LogP) is 3.57. The number of benzene rings is 1. The Morgan fingerprint density at radius 2 is 1.80 bits per heavy atom. The second-order valence-electron chi connectivity index (χ2n) is 7.12. The van der Waals surface area contributed by atoms with Gasteiger partial charge in [0.25, 0.3) is 0 Å². The van der Waals surface area contributed by atoms with Gasteiger partial charge in [-0.25, -0.2) is 0 Å². The molecular formula is C20H25NO4. The van der Waals surface area contributed by atoms with Crippen molar-refractivity contribution in [2.75, 3.05) is 13.2 Å². The first-order chi connectivity index (χ1) is 11.8. The number of ketones is 3. The Labute approximate surface area is 148 Å². The highest BCUT2D eigenvalue weighted by Crippen LogP contribution is 2.33. The zero-order valence-corrected chi connectivity index (χ0v) is 15.1. The van der Waals surface area contributed by atoms with Gasteiger partial charge in [0.15, 0.2) is 5.78 Å². The van der Waals surface area contributed by atoms with Crippen molar-refractivity contribution in [3.63, 3.8) is 0 Å². The Bertz CT molecular complexity index is 653. The first-order valence-electron chi connectivity index (χ1n) is 8.63. The van der Waals surface area contributed by atoms with E-state index < -0.39 is 5.92 Å². The third-order valence-electron chi connectivity index (χ3n) is 4.24. The average Bonchev–Trinajstić information content (AvgIpc) is 2.53. The lowest BCUT2D eigenvalue weighted by atomic mass is 9.72. The molecule has 0 amide bonds. The number of rotatable bonds is 7. The van der Waals surface area contributed by atoms with Gasteiger partial charge in [-0.1, -0.05) is 13.8 Å². The van der Waals surface area contributed by atoms with E-state index in [0.29, 0.717) is 43.7 Å². The van der Waals surface area contributed by atoms with Gasteiger partial charge >= 0.3 is 0 Å². The lowest BCUT2D eigenvalue weighted by Crippen LogP contribution is -2.38. The molecule has 0 radical (unpaired) electrons. The summed E-state index contributed by atoms with van der Waals surface area (Å²) in [5, 5.41) is 0. The molecule has 0 aliphatic heterocycles. The molecule has 0 saturated heterocycles. The van der Waals surface area contributed by atoms with Gasteiger partial charge in [0.05, 0.1) is 12.3 Å². The van der Waals surface area contributed by atoms with Gasteiger partial charge in [-0.05, 0) is 36.6 Å². The van der Waals surface area contributed by atoms with Gasteiger partial charge < -0.3 is 4.74 Å². The van der Waals surface area contributed by atoms with Crippen molar-refractivity contribution in [1.82, 2.24) is 0 Å². The fraction of sp³-hybridized carbons (Fsp3) is 0.500. The summed E-state index contributed by atoms with van der Waals surface area (Å²) in [4.78, 5) is 40.5. The van der Waals surface area contributed by atoms with Crippen LogP contribution in [0.2, 0.25) is 0 Å². The summed E-state index contributed by atoms with van der Waals surface area (Å²) in [6.45, 7) is 6.75. The highest BCUT2D eigenvalue weighted by atomic mass is 16.5. The maximum Gasteiger partial charge on any atom is 0.165 e. The van der Waals surface area contributed by atoms with Crippen LogP contribution in [0.4, 0.5) is 5.69 Å². The van der Waals surface area contributed by atoms with Crippen molar-refractivity contribution in [3.05, 3.63) is 29.8 Å². The van der Waals surface area contributed by atoms with Crippen molar-refractivity contribution >= 4 is 29.3 Å². The molecular weight excluding hydrogens is 318 g/mol. The van der Waals surface area contributed by atoms with Gasteiger partial charge in [-0.15, -0.1) is 0 Å². The van der Waals surface area contributed by atoms with Crippen LogP contribution in [-0.2, 0) is 14.3 Å². The van der Waals surface area contributed by atoms with Crippen molar-refractivity contribution in [1.29, 1.82) is 0 Å². The van der Waals surface area contributed by atoms with Gasteiger partial charge in [-0.3, -0.25) is 19.4 Å². The molecule has 134 valence electrons. The lowest BCUT2D eigenvalue weighted by molar-refractivity contribution is -0.136. The highest BCUT2D eigenvalue weighted by molar-refractivity contribution is 6.16. The van der Waals surface area contributed by atoms with Crippen LogP contribution in [0.15, 0.2) is 29.3 Å². The number of hydrogen-bond donors (Lipinski definition) is 0. The van der Waals surface area contributed by atoms with Crippen molar-refractivity contribution in [3.8, 4) is 0 Å². The minimum Gasteiger partial charge on any atom is -0.381 e. The van der Waals surface area contributed by atoms with Crippen molar-refractivity contribution in [2.45, 2.75) is 40.0 Å². The second-order valence-corrected chi connectivity index (χ2v) is 7.12. The first-order valence-corrected chi connectivity index (χ1v) is 8.63. The van der Waals surface area contributed by atoms with Crippen LogP contribution in [0, 0.1) is 11.3 Å². The van der Waals surface area contributed by atoms with Crippen LogP contribution in [0.25, 0.3) is 0 Å². The molecule has 1 aromatic carbocycles. The summed E-state index contributed by atoms with van der Waals surface area (Å²) in [6, 6.07) is 6.83. The van der Waals surface area contributed by atoms with E-state index in [0.717, 1.165) is 0 Å². The second kappa shape index (κ2) is 8.30. The number of aliphatic imine (C=N–C) groups is 1. The summed E-state index contributed by atoms with van der Waals surface area (Å²) >= 11 is 0. The third kappa shape index (κ3) is 5.43. The molecule has 0 spiro atoms. The molecule has 0 unspecified atom stereocenters. The number of ether oxygens (including phenoxy) is 1. The van der Waals surface area contributed by atoms with Crippen LogP contribution in [0.3, 0.4) is 0 Å². The van der Waals surface area contributed by atoms with E-state index in [1.807, 2.05) is 20.8 Å². The van der Waals surface area contributed by atoms with Crippen molar-refractivity contribution in [2.24, 2.45) is 16.3 Å². The predicted molar refractivity (Wildman–Crippen MR) is 96.6 cm³/mol. The van der Waals surface area contributed by atoms with E-state index in [4.69, 9.17) is 4.74 Å². The molecule has 1 aliphatic carbocycles. The standard InChI is InChI=1S/C20H25NO4/c1-4-25-10-9-17(22)14-5-7-15(8-6-14)21-13-16-18(23)11-20(2,3)12-19(16)24/h5-8,13,16H,4,9-12H2,1-3H3. The van der Waals surface area contributed by atoms with E-state index in [2.05, 4.69) is 4.99 Å². The quantitative estimate of drug-likeness (QED) is 0.328. The number of carbonyl (C=O) groups is 3. The Morgan fingerprint density at radius 3 is 2.36 bits per heavy atom. The largest absolute Gasteiger partial charge is 0.381 e. The summed E-state index contributed by atoms with van der Waals surface area (Å²) in [5.41, 5.74) is 0.958. The molecule has 0 bridgehead atoms. The van der Waals surface area contributed by atoms with E-state index in [9.17, 15) is 14.4 Å². The highest BCUT2D eigenvalue weighted by Gasteiger charge is 2.38. The van der Waals surface area contributed by atoms with Crippen molar-refractivity contribution < 1.29 is 19.1 Å². The molecule has 25 heavy (non-hydrogen) atoms. The summed E-state index contributed by atoms with van der Waals surface area (Å²) in [5.74, 6) is -0.884. The Morgan fingerprint density at radius 1 is 1.20 bits per heavy atom. The molecule has 1 fully saturated rings. The molecule has 0 heterocycles. The van der Waals surface area contributed by atoms with E-state index in [-0.39, 0.29) is 22.8 Å². The zero-order valence-electron chi connectivity index (χ0n) is 15.1. The van der Waals surface area contributed by atoms with Gasteiger partial charge in [0.1, 0.15) is 17.5 Å². The minimum absolute atomic E-state index is 0.0175. The topological polar surface area (TPSA) is 72.8 Å². The van der Waals surface area contributed by atoms with Crippen LogP contribution < -0.4 is 0 Å². The van der Waals surface area contributed by atoms with Crippen LogP contribution >= 0.6 is 0 Å². The average molecular weight is 343 g/mol. The van der Waals surface area contributed by atoms with Crippen LogP contribution in [0.1, 0.15) is 50.4 Å². The fourth-order valence-electron chi connectivity index (χ4n) is 2.92. The molecule has 1 aromatic rings. The Hall–Kier alpha value is -2.14. The van der Waals surface area contributed by atoms with Gasteiger partial charge in [-0.2, -0.15) is 0 Å². The molecule has 1 saturated carbocycles. The normalized spacial score (nSPS) is 18.0. The maximum absolute atomic E-state index is 12.1. The molecule has 0 aromatic heterocycles. The first kappa shape index (κ1) is 19.2. The molecule has 1 aliphatic rings. The minimum atomic E-state index is -0.750.